The molecule has 0 heterocycles. The van der Waals surface area contributed by atoms with E-state index in [1.165, 1.54) is 12.1 Å². The van der Waals surface area contributed by atoms with Gasteiger partial charge in [0.05, 0.1) is 11.0 Å². The van der Waals surface area contributed by atoms with Crippen LogP contribution < -0.4 is 5.32 Å². The topological polar surface area (TPSA) is 72.2 Å². The van der Waals surface area contributed by atoms with Crippen molar-refractivity contribution in [3.05, 3.63) is 39.9 Å². The smallest absolute Gasteiger partial charge is 0.269 e. The van der Waals surface area contributed by atoms with Crippen molar-refractivity contribution in [3.63, 3.8) is 0 Å². The third-order valence-corrected chi connectivity index (χ3v) is 3.06. The molecule has 1 amide bonds. The molecule has 0 aliphatic rings. The number of hydrogen-bond acceptors (Lipinski definition) is 3. The Morgan fingerprint density at radius 3 is 2.50 bits per heavy atom. The fourth-order valence-corrected chi connectivity index (χ4v) is 1.79. The van der Waals surface area contributed by atoms with E-state index in [2.05, 4.69) is 5.32 Å². The van der Waals surface area contributed by atoms with E-state index in [-0.39, 0.29) is 18.2 Å². The Labute approximate surface area is 117 Å². The van der Waals surface area contributed by atoms with E-state index in [4.69, 9.17) is 0 Å². The van der Waals surface area contributed by atoms with E-state index in [0.717, 1.165) is 6.42 Å². The lowest BCUT2D eigenvalue weighted by atomic mass is 10.1. The maximum absolute atomic E-state index is 13.5. The average molecular weight is 282 g/mol. The maximum Gasteiger partial charge on any atom is 0.269 e. The number of nitrogens with zero attached hydrogens (tertiary/aromatic N) is 1. The van der Waals surface area contributed by atoms with Crippen LogP contribution in [0.25, 0.3) is 0 Å². The normalized spacial score (nSPS) is 13.6. The third kappa shape index (κ3) is 4.60. The molecule has 0 bridgehead atoms. The van der Waals surface area contributed by atoms with Crippen LogP contribution in [0, 0.1) is 10.1 Å². The van der Waals surface area contributed by atoms with E-state index >= 15 is 0 Å². The summed E-state index contributed by atoms with van der Waals surface area (Å²) in [5.41, 5.74) is 0.685. The molecule has 6 heteroatoms. The molecule has 1 N–H and O–H groups in total. The molecule has 0 fully saturated rings. The molecule has 1 aromatic carbocycles. The van der Waals surface area contributed by atoms with Gasteiger partial charge in [-0.05, 0) is 18.9 Å². The van der Waals surface area contributed by atoms with Gasteiger partial charge < -0.3 is 5.32 Å². The minimum atomic E-state index is -1.50. The van der Waals surface area contributed by atoms with Gasteiger partial charge in [-0.3, -0.25) is 14.9 Å². The number of alkyl halides is 1. The van der Waals surface area contributed by atoms with Gasteiger partial charge in [0.15, 0.2) is 6.17 Å². The molecule has 5 nitrogen and oxygen atoms in total. The highest BCUT2D eigenvalue weighted by Crippen LogP contribution is 2.18. The van der Waals surface area contributed by atoms with Gasteiger partial charge in [0, 0.05) is 12.1 Å². The van der Waals surface area contributed by atoms with Crippen LogP contribution in [0.5, 0.6) is 0 Å². The fourth-order valence-electron chi connectivity index (χ4n) is 1.79. The van der Waals surface area contributed by atoms with E-state index in [9.17, 15) is 19.3 Å². The Balaban J connectivity index is 2.59. The molecule has 0 aromatic heterocycles. The fraction of sp³-hybridized carbons (Fsp3) is 0.500. The minimum Gasteiger partial charge on any atom is -0.347 e. The van der Waals surface area contributed by atoms with Crippen molar-refractivity contribution in [3.8, 4) is 0 Å². The van der Waals surface area contributed by atoms with Crippen LogP contribution in [0.3, 0.4) is 0 Å². The number of nitro benzene ring substituents is 1. The average Bonchev–Trinajstić information content (AvgIpc) is 2.44. The number of non-ortho nitro benzene ring substituents is 1. The first-order valence-corrected chi connectivity index (χ1v) is 6.64. The molecule has 20 heavy (non-hydrogen) atoms. The SMILES string of the molecule is CCCC[C@H](F)C(=O)N[C@H](C)c1ccc([N+](=O)[O-])cc1. The Kier molecular flexibility index (Phi) is 6.09. The standard InChI is InChI=1S/C14H19FN2O3/c1-3-4-5-13(15)14(18)16-10(2)11-6-8-12(9-7-11)17(19)20/h6-10,13H,3-5H2,1-2H3,(H,16,18)/t10-,13+/m1/s1. The number of rotatable bonds is 7. The lowest BCUT2D eigenvalue weighted by Gasteiger charge is -2.16. The summed E-state index contributed by atoms with van der Waals surface area (Å²) in [4.78, 5) is 21.7. The van der Waals surface area contributed by atoms with Gasteiger partial charge in [0.25, 0.3) is 11.6 Å². The van der Waals surface area contributed by atoms with Gasteiger partial charge in [0.2, 0.25) is 0 Å². The number of halogens is 1. The van der Waals surface area contributed by atoms with E-state index in [1.807, 2.05) is 6.92 Å². The molecular formula is C14H19FN2O3. The Morgan fingerprint density at radius 1 is 1.40 bits per heavy atom. The van der Waals surface area contributed by atoms with E-state index in [0.29, 0.717) is 12.0 Å². The summed E-state index contributed by atoms with van der Waals surface area (Å²) < 4.78 is 13.5. The van der Waals surface area contributed by atoms with E-state index in [1.54, 1.807) is 19.1 Å². The number of carbonyl (C=O) groups is 1. The second kappa shape index (κ2) is 7.57. The van der Waals surface area contributed by atoms with Crippen molar-refractivity contribution in [1.29, 1.82) is 0 Å². The summed E-state index contributed by atoms with van der Waals surface area (Å²) in [6.07, 6.45) is 0.219. The monoisotopic (exact) mass is 282 g/mol. The number of nitrogens with one attached hydrogen (secondary N) is 1. The first kappa shape index (κ1) is 16.1. The summed E-state index contributed by atoms with van der Waals surface area (Å²) in [7, 11) is 0. The molecule has 0 radical (unpaired) electrons. The summed E-state index contributed by atoms with van der Waals surface area (Å²) in [5, 5.41) is 13.1. The van der Waals surface area contributed by atoms with Crippen molar-refractivity contribution in [2.24, 2.45) is 0 Å². The summed E-state index contributed by atoms with van der Waals surface area (Å²) >= 11 is 0. The van der Waals surface area contributed by atoms with Crippen molar-refractivity contribution >= 4 is 11.6 Å². The third-order valence-electron chi connectivity index (χ3n) is 3.06. The predicted octanol–water partition coefficient (Wildman–Crippen LogP) is 3.30. The second-order valence-electron chi connectivity index (χ2n) is 4.69. The number of nitro groups is 1. The Bertz CT molecular complexity index is 462. The van der Waals surface area contributed by atoms with Crippen LogP contribution >= 0.6 is 0 Å². The first-order chi connectivity index (χ1) is 9.45. The number of hydrogen-bond donors (Lipinski definition) is 1. The van der Waals surface area contributed by atoms with Crippen LogP contribution in [0.2, 0.25) is 0 Å². The molecule has 0 aliphatic heterocycles. The number of unbranched alkanes of at least 4 members (excludes halogenated alkanes) is 1. The molecule has 2 atom stereocenters. The number of carbonyl (C=O) groups excluding carboxylic acids is 1. The van der Waals surface area contributed by atoms with Crippen LogP contribution in [-0.2, 0) is 4.79 Å². The summed E-state index contributed by atoms with van der Waals surface area (Å²) in [5.74, 6) is -0.635. The predicted molar refractivity (Wildman–Crippen MR) is 74.1 cm³/mol. The molecular weight excluding hydrogens is 263 g/mol. The van der Waals surface area contributed by atoms with Gasteiger partial charge >= 0.3 is 0 Å². The van der Waals surface area contributed by atoms with E-state index < -0.39 is 17.0 Å². The van der Waals surface area contributed by atoms with Crippen LogP contribution in [-0.4, -0.2) is 17.0 Å². The highest BCUT2D eigenvalue weighted by Gasteiger charge is 2.19. The molecule has 0 spiro atoms. The Hall–Kier alpha value is -1.98. The van der Waals surface area contributed by atoms with Crippen LogP contribution in [0.15, 0.2) is 24.3 Å². The highest BCUT2D eigenvalue weighted by atomic mass is 19.1. The number of amides is 1. The van der Waals surface area contributed by atoms with Crippen molar-refractivity contribution in [2.75, 3.05) is 0 Å². The Morgan fingerprint density at radius 2 is 2.00 bits per heavy atom. The summed E-state index contributed by atoms with van der Waals surface area (Å²) in [6, 6.07) is 5.46. The van der Waals surface area contributed by atoms with Crippen LogP contribution in [0.4, 0.5) is 10.1 Å². The second-order valence-corrected chi connectivity index (χ2v) is 4.69. The minimum absolute atomic E-state index is 0.0152. The van der Waals surface area contributed by atoms with Gasteiger partial charge in [-0.25, -0.2) is 4.39 Å². The molecule has 0 saturated carbocycles. The van der Waals surface area contributed by atoms with Crippen molar-refractivity contribution < 1.29 is 14.1 Å². The van der Waals surface area contributed by atoms with Crippen molar-refractivity contribution in [1.82, 2.24) is 5.32 Å². The maximum atomic E-state index is 13.5. The van der Waals surface area contributed by atoms with Gasteiger partial charge in [0.1, 0.15) is 0 Å². The molecule has 1 aromatic rings. The lowest BCUT2D eigenvalue weighted by Crippen LogP contribution is -2.33. The van der Waals surface area contributed by atoms with Gasteiger partial charge in [-0.15, -0.1) is 0 Å². The molecule has 0 aliphatic carbocycles. The quantitative estimate of drug-likeness (QED) is 0.616. The first-order valence-electron chi connectivity index (χ1n) is 6.64. The van der Waals surface area contributed by atoms with Crippen molar-refractivity contribution in [2.45, 2.75) is 45.3 Å². The van der Waals surface area contributed by atoms with Gasteiger partial charge in [-0.1, -0.05) is 31.9 Å². The zero-order chi connectivity index (χ0) is 15.1. The van der Waals surface area contributed by atoms with Gasteiger partial charge in [-0.2, -0.15) is 0 Å². The molecule has 110 valence electrons. The lowest BCUT2D eigenvalue weighted by molar-refractivity contribution is -0.384. The number of benzene rings is 1. The molecule has 0 unspecified atom stereocenters. The zero-order valence-electron chi connectivity index (χ0n) is 11.6. The molecule has 0 saturated heterocycles. The van der Waals surface area contributed by atoms with Crippen LogP contribution in [0.1, 0.15) is 44.7 Å². The largest absolute Gasteiger partial charge is 0.347 e. The summed E-state index contributed by atoms with van der Waals surface area (Å²) in [6.45, 7) is 3.65. The highest BCUT2D eigenvalue weighted by molar-refractivity contribution is 5.80. The molecule has 1 rings (SSSR count). The zero-order valence-corrected chi connectivity index (χ0v) is 11.6.